The maximum Gasteiger partial charge on any atom is 0.408 e. The summed E-state index contributed by atoms with van der Waals surface area (Å²) >= 11 is 0. The first-order chi connectivity index (χ1) is 8.57. The lowest BCUT2D eigenvalue weighted by atomic mass is 10.0. The summed E-state index contributed by atoms with van der Waals surface area (Å²) in [6.45, 7) is 3.08. The van der Waals surface area contributed by atoms with Gasteiger partial charge in [-0.05, 0) is 20.8 Å². The van der Waals surface area contributed by atoms with E-state index in [0.717, 1.165) is 0 Å². The second kappa shape index (κ2) is 5.56. The molecular weight excluding hydrogens is 264 g/mol. The molecule has 1 saturated heterocycles. The molecule has 6 nitrogen and oxygen atoms in total. The number of carbonyl (C=O) groups is 1. The number of nitrogens with one attached hydrogen (secondary N) is 1. The minimum absolute atomic E-state index is 0.347. The van der Waals surface area contributed by atoms with E-state index in [0.29, 0.717) is 0 Å². The van der Waals surface area contributed by atoms with Gasteiger partial charge in [0.1, 0.15) is 24.4 Å². The lowest BCUT2D eigenvalue weighted by Gasteiger charge is -2.28. The van der Waals surface area contributed by atoms with E-state index in [1.807, 2.05) is 0 Å². The number of alkyl carbamates (subject to hydrolysis) is 1. The van der Waals surface area contributed by atoms with Gasteiger partial charge in [-0.1, -0.05) is 0 Å². The van der Waals surface area contributed by atoms with Crippen LogP contribution in [-0.2, 0) is 9.47 Å². The van der Waals surface area contributed by atoms with E-state index in [1.165, 1.54) is 0 Å². The SMILES string of the molecule is CC(C)(C)OC(=O)N[C@@H]1[C@@H](O)CO[C@@H]1C(F)(F)CO. The number of rotatable bonds is 3. The number of hydrogen-bond acceptors (Lipinski definition) is 5. The first-order valence-corrected chi connectivity index (χ1v) is 5.84. The number of ether oxygens (including phenoxy) is 2. The Labute approximate surface area is 109 Å². The second-order valence-corrected chi connectivity index (χ2v) is 5.41. The second-order valence-electron chi connectivity index (χ2n) is 5.41. The molecule has 112 valence electrons. The van der Waals surface area contributed by atoms with Crippen molar-refractivity contribution >= 4 is 6.09 Å². The quantitative estimate of drug-likeness (QED) is 0.692. The molecule has 1 aliphatic heterocycles. The molecule has 3 atom stereocenters. The van der Waals surface area contributed by atoms with Crippen molar-refractivity contribution in [1.82, 2.24) is 5.32 Å². The number of aliphatic hydroxyl groups is 2. The highest BCUT2D eigenvalue weighted by atomic mass is 19.3. The van der Waals surface area contributed by atoms with Gasteiger partial charge in [0.25, 0.3) is 5.92 Å². The van der Waals surface area contributed by atoms with E-state index in [4.69, 9.17) is 14.6 Å². The van der Waals surface area contributed by atoms with Gasteiger partial charge in [0.2, 0.25) is 0 Å². The molecule has 1 rings (SSSR count). The van der Waals surface area contributed by atoms with Crippen molar-refractivity contribution in [2.24, 2.45) is 0 Å². The van der Waals surface area contributed by atoms with Crippen molar-refractivity contribution in [3.8, 4) is 0 Å². The van der Waals surface area contributed by atoms with E-state index in [9.17, 15) is 18.7 Å². The van der Waals surface area contributed by atoms with Crippen LogP contribution in [0.4, 0.5) is 13.6 Å². The molecule has 0 aliphatic carbocycles. The maximum atomic E-state index is 13.4. The van der Waals surface area contributed by atoms with Crippen LogP contribution in [0.5, 0.6) is 0 Å². The molecule has 1 heterocycles. The molecule has 1 amide bonds. The Morgan fingerprint density at radius 1 is 1.47 bits per heavy atom. The van der Waals surface area contributed by atoms with Crippen LogP contribution in [0.3, 0.4) is 0 Å². The predicted molar refractivity (Wildman–Crippen MR) is 60.9 cm³/mol. The summed E-state index contributed by atoms with van der Waals surface area (Å²) < 4.78 is 36.4. The van der Waals surface area contributed by atoms with Gasteiger partial charge in [-0.2, -0.15) is 0 Å². The molecule has 8 heteroatoms. The van der Waals surface area contributed by atoms with E-state index >= 15 is 0 Å². The number of halogens is 2. The molecule has 19 heavy (non-hydrogen) atoms. The van der Waals surface area contributed by atoms with Crippen LogP contribution >= 0.6 is 0 Å². The van der Waals surface area contributed by atoms with Crippen molar-refractivity contribution in [1.29, 1.82) is 0 Å². The molecule has 0 saturated carbocycles. The van der Waals surface area contributed by atoms with Gasteiger partial charge < -0.3 is 25.0 Å². The topological polar surface area (TPSA) is 88.0 Å². The van der Waals surface area contributed by atoms with Crippen LogP contribution in [0, 0.1) is 0 Å². The summed E-state index contributed by atoms with van der Waals surface area (Å²) in [5.74, 6) is -3.56. The molecule has 0 radical (unpaired) electrons. The van der Waals surface area contributed by atoms with Gasteiger partial charge in [0.05, 0.1) is 12.6 Å². The fourth-order valence-corrected chi connectivity index (χ4v) is 1.70. The smallest absolute Gasteiger partial charge is 0.408 e. The fraction of sp³-hybridized carbons (Fsp3) is 0.909. The molecule has 0 aromatic rings. The van der Waals surface area contributed by atoms with Gasteiger partial charge in [-0.25, -0.2) is 13.6 Å². The summed E-state index contributed by atoms with van der Waals surface area (Å²) in [6, 6.07) is -1.34. The van der Waals surface area contributed by atoms with Crippen LogP contribution in [-0.4, -0.2) is 59.3 Å². The van der Waals surface area contributed by atoms with E-state index < -0.39 is 42.5 Å². The minimum atomic E-state index is -3.56. The minimum Gasteiger partial charge on any atom is -0.444 e. The molecule has 1 aliphatic rings. The Balaban J connectivity index is 2.71. The highest BCUT2D eigenvalue weighted by Crippen LogP contribution is 2.29. The van der Waals surface area contributed by atoms with Crippen molar-refractivity contribution in [2.75, 3.05) is 13.2 Å². The van der Waals surface area contributed by atoms with E-state index in [1.54, 1.807) is 20.8 Å². The third-order valence-corrected chi connectivity index (χ3v) is 2.50. The van der Waals surface area contributed by atoms with Gasteiger partial charge in [0.15, 0.2) is 0 Å². The average molecular weight is 283 g/mol. The number of carbonyl (C=O) groups excluding carboxylic acids is 1. The zero-order chi connectivity index (χ0) is 14.8. The number of alkyl halides is 2. The standard InChI is InChI=1S/C11H19F2NO5/c1-10(2,3)19-9(17)14-7-6(16)4-18-8(7)11(12,13)5-15/h6-8,15-16H,4-5H2,1-3H3,(H,14,17)/t6-,7+,8-/m0/s1. The van der Waals surface area contributed by atoms with Gasteiger partial charge in [-0.3, -0.25) is 0 Å². The molecule has 0 unspecified atom stereocenters. The highest BCUT2D eigenvalue weighted by molar-refractivity contribution is 5.68. The van der Waals surface area contributed by atoms with Crippen molar-refractivity contribution in [3.05, 3.63) is 0 Å². The normalized spacial score (nSPS) is 28.3. The monoisotopic (exact) mass is 283 g/mol. The van der Waals surface area contributed by atoms with Gasteiger partial charge in [-0.15, -0.1) is 0 Å². The average Bonchev–Trinajstić information content (AvgIpc) is 2.58. The largest absolute Gasteiger partial charge is 0.444 e. The van der Waals surface area contributed by atoms with Crippen LogP contribution in [0.2, 0.25) is 0 Å². The third-order valence-electron chi connectivity index (χ3n) is 2.50. The molecular formula is C11H19F2NO5. The molecule has 1 fully saturated rings. The Morgan fingerprint density at radius 3 is 2.53 bits per heavy atom. The molecule has 0 spiro atoms. The Morgan fingerprint density at radius 2 is 2.05 bits per heavy atom. The molecule has 0 bridgehead atoms. The van der Waals surface area contributed by atoms with Gasteiger partial charge >= 0.3 is 6.09 Å². The fourth-order valence-electron chi connectivity index (χ4n) is 1.70. The lowest BCUT2D eigenvalue weighted by Crippen LogP contribution is -2.54. The Kier molecular flexibility index (Phi) is 4.70. The predicted octanol–water partition coefficient (Wildman–Crippen LogP) is 0.267. The first-order valence-electron chi connectivity index (χ1n) is 5.84. The van der Waals surface area contributed by atoms with Crippen LogP contribution in [0.25, 0.3) is 0 Å². The number of hydrogen-bond donors (Lipinski definition) is 3. The molecule has 3 N–H and O–H groups in total. The van der Waals surface area contributed by atoms with Crippen molar-refractivity contribution in [2.45, 2.75) is 50.5 Å². The third kappa shape index (κ3) is 4.26. The van der Waals surface area contributed by atoms with Crippen LogP contribution < -0.4 is 5.32 Å². The number of aliphatic hydroxyl groups excluding tert-OH is 2. The van der Waals surface area contributed by atoms with Crippen LogP contribution in [0.1, 0.15) is 20.8 Å². The first kappa shape index (κ1) is 16.1. The summed E-state index contributed by atoms with van der Waals surface area (Å²) in [4.78, 5) is 11.5. The Hall–Kier alpha value is -0.990. The molecule has 0 aromatic heterocycles. The van der Waals surface area contributed by atoms with E-state index in [-0.39, 0.29) is 6.61 Å². The Bertz CT molecular complexity index is 332. The summed E-state index contributed by atoms with van der Waals surface area (Å²) in [7, 11) is 0. The number of amides is 1. The summed E-state index contributed by atoms with van der Waals surface area (Å²) in [5.41, 5.74) is -0.788. The molecule has 0 aromatic carbocycles. The zero-order valence-electron chi connectivity index (χ0n) is 11.0. The van der Waals surface area contributed by atoms with Crippen molar-refractivity contribution < 1.29 is 33.3 Å². The maximum absolute atomic E-state index is 13.4. The van der Waals surface area contributed by atoms with Crippen molar-refractivity contribution in [3.63, 3.8) is 0 Å². The van der Waals surface area contributed by atoms with Gasteiger partial charge in [0, 0.05) is 0 Å². The summed E-state index contributed by atoms with van der Waals surface area (Å²) in [6.07, 6.45) is -4.00. The zero-order valence-corrected chi connectivity index (χ0v) is 11.0. The summed E-state index contributed by atoms with van der Waals surface area (Å²) in [5, 5.41) is 20.3. The van der Waals surface area contributed by atoms with E-state index in [2.05, 4.69) is 5.32 Å². The van der Waals surface area contributed by atoms with Crippen LogP contribution in [0.15, 0.2) is 0 Å². The highest BCUT2D eigenvalue weighted by Gasteiger charge is 2.52. The lowest BCUT2D eigenvalue weighted by molar-refractivity contribution is -0.147.